The SMILES string of the molecule is CNC(Cc1cc(Cl)ccc1Cl)c1ccc(C)cc1Cl. The van der Waals surface area contributed by atoms with Crippen molar-refractivity contribution in [2.45, 2.75) is 19.4 Å². The Bertz CT molecular complexity index is 611. The van der Waals surface area contributed by atoms with Crippen LogP contribution in [0.3, 0.4) is 0 Å². The van der Waals surface area contributed by atoms with Gasteiger partial charge in [0.2, 0.25) is 0 Å². The van der Waals surface area contributed by atoms with E-state index in [4.69, 9.17) is 34.8 Å². The fourth-order valence-corrected chi connectivity index (χ4v) is 2.96. The summed E-state index contributed by atoms with van der Waals surface area (Å²) in [7, 11) is 1.92. The Balaban J connectivity index is 2.31. The number of halogens is 3. The van der Waals surface area contributed by atoms with Crippen molar-refractivity contribution in [3.63, 3.8) is 0 Å². The number of hydrogen-bond donors (Lipinski definition) is 1. The number of likely N-dealkylation sites (N-methyl/N-ethyl adjacent to an activating group) is 1. The maximum Gasteiger partial charge on any atom is 0.0456 e. The second-order valence-electron chi connectivity index (χ2n) is 4.81. The summed E-state index contributed by atoms with van der Waals surface area (Å²) in [6.07, 6.45) is 0.735. The van der Waals surface area contributed by atoms with Gasteiger partial charge in [-0.25, -0.2) is 0 Å². The maximum atomic E-state index is 6.34. The van der Waals surface area contributed by atoms with Gasteiger partial charge >= 0.3 is 0 Å². The van der Waals surface area contributed by atoms with E-state index in [9.17, 15) is 0 Å². The molecule has 1 nitrogen and oxygen atoms in total. The summed E-state index contributed by atoms with van der Waals surface area (Å²) in [6.45, 7) is 2.03. The molecule has 0 heterocycles. The molecule has 20 heavy (non-hydrogen) atoms. The zero-order chi connectivity index (χ0) is 14.7. The van der Waals surface area contributed by atoms with Crippen molar-refractivity contribution in [1.29, 1.82) is 0 Å². The second kappa shape index (κ2) is 6.82. The van der Waals surface area contributed by atoms with Crippen LogP contribution in [0.1, 0.15) is 22.7 Å². The van der Waals surface area contributed by atoms with E-state index in [2.05, 4.69) is 17.4 Å². The van der Waals surface area contributed by atoms with Crippen LogP contribution in [-0.2, 0) is 6.42 Å². The zero-order valence-corrected chi connectivity index (χ0v) is 13.7. The lowest BCUT2D eigenvalue weighted by molar-refractivity contribution is 0.592. The van der Waals surface area contributed by atoms with E-state index in [-0.39, 0.29) is 6.04 Å². The van der Waals surface area contributed by atoms with E-state index >= 15 is 0 Å². The molecule has 2 aromatic rings. The first-order chi connectivity index (χ1) is 9.51. The lowest BCUT2D eigenvalue weighted by atomic mass is 9.98. The largest absolute Gasteiger partial charge is 0.313 e. The minimum absolute atomic E-state index is 0.0964. The number of nitrogens with one attached hydrogen (secondary N) is 1. The van der Waals surface area contributed by atoms with E-state index in [1.165, 1.54) is 0 Å². The molecule has 1 atom stereocenters. The van der Waals surface area contributed by atoms with E-state index in [0.29, 0.717) is 5.02 Å². The lowest BCUT2D eigenvalue weighted by Gasteiger charge is -2.19. The molecule has 106 valence electrons. The van der Waals surface area contributed by atoms with E-state index in [1.807, 2.05) is 32.2 Å². The highest BCUT2D eigenvalue weighted by Gasteiger charge is 2.15. The molecule has 0 aliphatic rings. The van der Waals surface area contributed by atoms with Crippen LogP contribution in [0.15, 0.2) is 36.4 Å². The average molecular weight is 329 g/mol. The third-order valence-corrected chi connectivity index (χ3v) is 4.24. The van der Waals surface area contributed by atoms with Gasteiger partial charge in [0.05, 0.1) is 0 Å². The smallest absolute Gasteiger partial charge is 0.0456 e. The Morgan fingerprint density at radius 3 is 2.40 bits per heavy atom. The highest BCUT2D eigenvalue weighted by Crippen LogP contribution is 2.30. The summed E-state index contributed by atoms with van der Waals surface area (Å²) in [4.78, 5) is 0. The number of benzene rings is 2. The van der Waals surface area contributed by atoms with Crippen molar-refractivity contribution < 1.29 is 0 Å². The molecule has 0 aliphatic carbocycles. The number of aryl methyl sites for hydroxylation is 1. The third kappa shape index (κ3) is 3.67. The third-order valence-electron chi connectivity index (χ3n) is 3.31. The quantitative estimate of drug-likeness (QED) is 0.786. The van der Waals surface area contributed by atoms with Gasteiger partial charge in [-0.2, -0.15) is 0 Å². The van der Waals surface area contributed by atoms with Crippen LogP contribution in [0.4, 0.5) is 0 Å². The molecule has 4 heteroatoms. The normalized spacial score (nSPS) is 12.4. The van der Waals surface area contributed by atoms with E-state index in [0.717, 1.165) is 33.2 Å². The van der Waals surface area contributed by atoms with Gasteiger partial charge in [0.15, 0.2) is 0 Å². The van der Waals surface area contributed by atoms with Gasteiger partial charge in [0.25, 0.3) is 0 Å². The van der Waals surface area contributed by atoms with Crippen LogP contribution >= 0.6 is 34.8 Å². The zero-order valence-electron chi connectivity index (χ0n) is 11.4. The van der Waals surface area contributed by atoms with Crippen LogP contribution < -0.4 is 5.32 Å². The minimum Gasteiger partial charge on any atom is -0.313 e. The molecule has 0 bridgehead atoms. The number of rotatable bonds is 4. The standard InChI is InChI=1S/C16H16Cl3N/c1-10-3-5-13(15(19)7-10)16(20-2)9-11-8-12(17)4-6-14(11)18/h3-8,16,20H,9H2,1-2H3. The predicted molar refractivity (Wildman–Crippen MR) is 88.2 cm³/mol. The molecular formula is C16H16Cl3N. The molecule has 1 N–H and O–H groups in total. The fourth-order valence-electron chi connectivity index (χ4n) is 2.20. The molecule has 2 rings (SSSR count). The van der Waals surface area contributed by atoms with Gasteiger partial charge in [-0.15, -0.1) is 0 Å². The molecule has 0 fully saturated rings. The van der Waals surface area contributed by atoms with Crippen LogP contribution in [0, 0.1) is 6.92 Å². The summed E-state index contributed by atoms with van der Waals surface area (Å²) in [5, 5.41) is 5.46. The first-order valence-corrected chi connectivity index (χ1v) is 7.52. The summed E-state index contributed by atoms with van der Waals surface area (Å²) in [5.74, 6) is 0. The van der Waals surface area contributed by atoms with Crippen LogP contribution in [0.2, 0.25) is 15.1 Å². The van der Waals surface area contributed by atoms with Crippen LogP contribution in [0.5, 0.6) is 0 Å². The average Bonchev–Trinajstić information content (AvgIpc) is 2.40. The van der Waals surface area contributed by atoms with Crippen molar-refractivity contribution in [3.05, 3.63) is 68.2 Å². The van der Waals surface area contributed by atoms with Gasteiger partial charge < -0.3 is 5.32 Å². The molecule has 0 radical (unpaired) electrons. The summed E-state index contributed by atoms with van der Waals surface area (Å²) >= 11 is 18.6. The van der Waals surface area contributed by atoms with Gasteiger partial charge in [-0.05, 0) is 61.3 Å². The van der Waals surface area contributed by atoms with Gasteiger partial charge in [-0.3, -0.25) is 0 Å². The van der Waals surface area contributed by atoms with Crippen molar-refractivity contribution >= 4 is 34.8 Å². The molecule has 0 aliphatic heterocycles. The van der Waals surface area contributed by atoms with E-state index in [1.54, 1.807) is 6.07 Å². The summed E-state index contributed by atoms with van der Waals surface area (Å²) in [5.41, 5.74) is 3.22. The Hall–Kier alpha value is -0.730. The first kappa shape index (κ1) is 15.7. The number of hydrogen-bond acceptors (Lipinski definition) is 1. The van der Waals surface area contributed by atoms with Crippen molar-refractivity contribution in [3.8, 4) is 0 Å². The van der Waals surface area contributed by atoms with Crippen molar-refractivity contribution in [2.24, 2.45) is 0 Å². The topological polar surface area (TPSA) is 12.0 Å². The van der Waals surface area contributed by atoms with Crippen LogP contribution in [0.25, 0.3) is 0 Å². The molecule has 1 unspecified atom stereocenters. The summed E-state index contributed by atoms with van der Waals surface area (Å²) < 4.78 is 0. The van der Waals surface area contributed by atoms with Crippen molar-refractivity contribution in [2.75, 3.05) is 7.05 Å². The lowest BCUT2D eigenvalue weighted by Crippen LogP contribution is -2.19. The maximum absolute atomic E-state index is 6.34. The Labute approximate surface area is 134 Å². The molecular weight excluding hydrogens is 313 g/mol. The molecule has 0 saturated heterocycles. The second-order valence-corrected chi connectivity index (χ2v) is 6.06. The van der Waals surface area contributed by atoms with Gasteiger partial charge in [-0.1, -0.05) is 46.9 Å². The summed E-state index contributed by atoms with van der Waals surface area (Å²) in [6, 6.07) is 11.7. The predicted octanol–water partition coefficient (Wildman–Crippen LogP) is 5.46. The van der Waals surface area contributed by atoms with Crippen LogP contribution in [-0.4, -0.2) is 7.05 Å². The van der Waals surface area contributed by atoms with Gasteiger partial charge in [0.1, 0.15) is 0 Å². The Morgan fingerprint density at radius 1 is 1.00 bits per heavy atom. The molecule has 0 spiro atoms. The minimum atomic E-state index is 0.0964. The molecule has 0 saturated carbocycles. The highest BCUT2D eigenvalue weighted by atomic mass is 35.5. The van der Waals surface area contributed by atoms with Gasteiger partial charge in [0, 0.05) is 21.1 Å². The van der Waals surface area contributed by atoms with E-state index < -0.39 is 0 Å². The van der Waals surface area contributed by atoms with Crippen molar-refractivity contribution in [1.82, 2.24) is 5.32 Å². The highest BCUT2D eigenvalue weighted by molar-refractivity contribution is 6.33. The molecule has 2 aromatic carbocycles. The monoisotopic (exact) mass is 327 g/mol. The first-order valence-electron chi connectivity index (χ1n) is 6.38. The Kier molecular flexibility index (Phi) is 5.34. The fraction of sp³-hybridized carbons (Fsp3) is 0.250. The molecule has 0 amide bonds. The Morgan fingerprint density at radius 2 is 1.75 bits per heavy atom. The molecule has 0 aromatic heterocycles.